The van der Waals surface area contributed by atoms with Crippen molar-refractivity contribution >= 4 is 68.0 Å². The highest BCUT2D eigenvalue weighted by Crippen LogP contribution is 2.37. The van der Waals surface area contributed by atoms with Crippen LogP contribution in [0, 0.1) is 0 Å². The molecule has 0 unspecified atom stereocenters. The van der Waals surface area contributed by atoms with Crippen LogP contribution in [-0.2, 0) is 0 Å². The van der Waals surface area contributed by atoms with Crippen molar-refractivity contribution in [3.8, 4) is 11.5 Å². The molecule has 36 heavy (non-hydrogen) atoms. The van der Waals surface area contributed by atoms with E-state index in [2.05, 4.69) is 26.5 Å². The highest BCUT2D eigenvalue weighted by molar-refractivity contribution is 9.10. The predicted molar refractivity (Wildman–Crippen MR) is 146 cm³/mol. The first-order valence-electron chi connectivity index (χ1n) is 10.8. The van der Waals surface area contributed by atoms with E-state index >= 15 is 0 Å². The second kappa shape index (κ2) is 11.6. The summed E-state index contributed by atoms with van der Waals surface area (Å²) in [4.78, 5) is 25.4. The number of nitrogens with one attached hydrogen (secondary N) is 1. The van der Waals surface area contributed by atoms with Crippen molar-refractivity contribution in [3.63, 3.8) is 0 Å². The first-order chi connectivity index (χ1) is 17.4. The lowest BCUT2D eigenvalue weighted by atomic mass is 10.0. The molecule has 4 aromatic rings. The van der Waals surface area contributed by atoms with Gasteiger partial charge >= 0.3 is 5.97 Å². The Bertz CT molecular complexity index is 1490. The van der Waals surface area contributed by atoms with Crippen molar-refractivity contribution in [1.82, 2.24) is 5.43 Å². The molecule has 9 heteroatoms. The average molecular weight is 586 g/mol. The molecule has 0 aliphatic carbocycles. The number of hydrogen-bond donors (Lipinski definition) is 1. The van der Waals surface area contributed by atoms with Gasteiger partial charge in [-0.3, -0.25) is 4.79 Å². The SMILES string of the molecule is CCOc1cc(/C=N\NC(=O)c2ccc(Cl)c(Cl)c2)cc(Br)c1OC(=O)c1cccc2ccccc12. The van der Waals surface area contributed by atoms with Crippen molar-refractivity contribution in [2.45, 2.75) is 6.92 Å². The molecule has 0 saturated heterocycles. The fourth-order valence-corrected chi connectivity index (χ4v) is 4.28. The lowest BCUT2D eigenvalue weighted by Gasteiger charge is -2.14. The van der Waals surface area contributed by atoms with Crippen molar-refractivity contribution in [1.29, 1.82) is 0 Å². The molecule has 6 nitrogen and oxygen atoms in total. The first-order valence-corrected chi connectivity index (χ1v) is 12.4. The van der Waals surface area contributed by atoms with E-state index in [1.165, 1.54) is 18.3 Å². The largest absolute Gasteiger partial charge is 0.490 e. The zero-order chi connectivity index (χ0) is 25.7. The lowest BCUT2D eigenvalue weighted by molar-refractivity contribution is 0.0729. The molecule has 0 radical (unpaired) electrons. The number of hydrazone groups is 1. The summed E-state index contributed by atoms with van der Waals surface area (Å²) < 4.78 is 12.0. The van der Waals surface area contributed by atoms with Gasteiger partial charge in [0.25, 0.3) is 5.91 Å². The third-order valence-corrected chi connectivity index (χ3v) is 6.43. The summed E-state index contributed by atoms with van der Waals surface area (Å²) in [5.74, 6) is -0.372. The maximum absolute atomic E-state index is 13.1. The number of ether oxygens (including phenoxy) is 2. The molecule has 0 atom stereocenters. The van der Waals surface area contributed by atoms with Gasteiger partial charge in [0, 0.05) is 5.56 Å². The Morgan fingerprint density at radius 3 is 2.56 bits per heavy atom. The van der Waals surface area contributed by atoms with Crippen LogP contribution < -0.4 is 14.9 Å². The number of nitrogens with zero attached hydrogens (tertiary/aromatic N) is 1. The van der Waals surface area contributed by atoms with Crippen LogP contribution in [0.1, 0.15) is 33.2 Å². The number of halogens is 3. The summed E-state index contributed by atoms with van der Waals surface area (Å²) in [5.41, 5.74) is 3.80. The minimum atomic E-state index is -0.510. The second-order valence-corrected chi connectivity index (χ2v) is 9.18. The van der Waals surface area contributed by atoms with E-state index in [1.54, 1.807) is 24.3 Å². The van der Waals surface area contributed by atoms with Gasteiger partial charge in [-0.05, 0) is 75.6 Å². The number of benzene rings is 4. The average Bonchev–Trinajstić information content (AvgIpc) is 2.87. The molecule has 0 bridgehead atoms. The maximum Gasteiger partial charge on any atom is 0.344 e. The van der Waals surface area contributed by atoms with Gasteiger partial charge in [-0.2, -0.15) is 5.10 Å². The van der Waals surface area contributed by atoms with Gasteiger partial charge in [0.2, 0.25) is 0 Å². The highest BCUT2D eigenvalue weighted by Gasteiger charge is 2.19. The molecule has 0 heterocycles. The van der Waals surface area contributed by atoms with Crippen molar-refractivity contribution in [2.75, 3.05) is 6.61 Å². The van der Waals surface area contributed by atoms with E-state index in [4.69, 9.17) is 32.7 Å². The molecule has 0 aliphatic heterocycles. The summed E-state index contributed by atoms with van der Waals surface area (Å²) in [6, 6.07) is 20.9. The number of carbonyl (C=O) groups is 2. The van der Waals surface area contributed by atoms with Crippen LogP contribution in [-0.4, -0.2) is 24.7 Å². The molecule has 0 aliphatic rings. The molecule has 0 aromatic heterocycles. The van der Waals surface area contributed by atoms with Crippen LogP contribution in [0.25, 0.3) is 10.8 Å². The van der Waals surface area contributed by atoms with E-state index in [0.717, 1.165) is 10.8 Å². The predicted octanol–water partition coefficient (Wildman–Crippen LogP) is 7.29. The van der Waals surface area contributed by atoms with Gasteiger partial charge < -0.3 is 9.47 Å². The van der Waals surface area contributed by atoms with Crippen LogP contribution in [0.2, 0.25) is 10.0 Å². The van der Waals surface area contributed by atoms with Gasteiger partial charge in [-0.25, -0.2) is 10.2 Å². The van der Waals surface area contributed by atoms with Gasteiger partial charge in [-0.1, -0.05) is 59.6 Å². The quantitative estimate of drug-likeness (QED) is 0.107. The highest BCUT2D eigenvalue weighted by atomic mass is 79.9. The molecule has 1 amide bonds. The second-order valence-electron chi connectivity index (χ2n) is 7.51. The van der Waals surface area contributed by atoms with Gasteiger partial charge in [0.1, 0.15) is 0 Å². The van der Waals surface area contributed by atoms with E-state index in [-0.39, 0.29) is 10.8 Å². The Morgan fingerprint density at radius 1 is 1.00 bits per heavy atom. The smallest absolute Gasteiger partial charge is 0.344 e. The number of esters is 1. The topological polar surface area (TPSA) is 77.0 Å². The molecule has 0 fully saturated rings. The molecule has 1 N–H and O–H groups in total. The Kier molecular flexibility index (Phi) is 8.25. The number of amides is 1. The van der Waals surface area contributed by atoms with Gasteiger partial charge in [-0.15, -0.1) is 0 Å². The fraction of sp³-hybridized carbons (Fsp3) is 0.0741. The molecule has 0 spiro atoms. The normalized spacial score (nSPS) is 11.0. The number of carbonyl (C=O) groups excluding carboxylic acids is 2. The molecule has 4 rings (SSSR count). The first kappa shape index (κ1) is 25.7. The van der Waals surface area contributed by atoms with Crippen LogP contribution in [0.15, 0.2) is 82.4 Å². The van der Waals surface area contributed by atoms with E-state index < -0.39 is 11.9 Å². The van der Waals surface area contributed by atoms with Crippen molar-refractivity contribution in [2.24, 2.45) is 5.10 Å². The number of rotatable bonds is 7. The zero-order valence-electron chi connectivity index (χ0n) is 18.9. The standard InChI is InChI=1S/C27H19BrCl2N2O4/c1-2-35-24-13-16(15-31-32-26(33)18-10-11-22(29)23(30)14-18)12-21(28)25(24)36-27(34)20-9-5-7-17-6-3-4-8-19(17)20/h3-15H,2H2,1H3,(H,32,33)/b31-15-. The lowest BCUT2D eigenvalue weighted by Crippen LogP contribution is -2.17. The maximum atomic E-state index is 13.1. The summed E-state index contributed by atoms with van der Waals surface area (Å²) in [7, 11) is 0. The van der Waals surface area contributed by atoms with Crippen LogP contribution in [0.3, 0.4) is 0 Å². The van der Waals surface area contributed by atoms with Crippen molar-refractivity contribution in [3.05, 3.63) is 104 Å². The fourth-order valence-electron chi connectivity index (χ4n) is 3.44. The Morgan fingerprint density at radius 2 is 1.78 bits per heavy atom. The van der Waals surface area contributed by atoms with Crippen LogP contribution >= 0.6 is 39.1 Å². The summed E-state index contributed by atoms with van der Waals surface area (Å²) in [6.45, 7) is 2.17. The molecule has 0 saturated carbocycles. The molecule has 182 valence electrons. The number of fused-ring (bicyclic) bond motifs is 1. The number of hydrogen-bond acceptors (Lipinski definition) is 5. The summed E-state index contributed by atoms with van der Waals surface area (Å²) >= 11 is 15.3. The zero-order valence-corrected chi connectivity index (χ0v) is 22.0. The summed E-state index contributed by atoms with van der Waals surface area (Å²) in [5, 5.41) is 6.35. The van der Waals surface area contributed by atoms with Crippen LogP contribution in [0.5, 0.6) is 11.5 Å². The van der Waals surface area contributed by atoms with E-state index in [9.17, 15) is 9.59 Å². The Labute approximate surface area is 225 Å². The Hall–Kier alpha value is -3.39. The summed E-state index contributed by atoms with van der Waals surface area (Å²) in [6.07, 6.45) is 1.44. The molecular formula is C27H19BrCl2N2O4. The molecule has 4 aromatic carbocycles. The third-order valence-electron chi connectivity index (χ3n) is 5.10. The van der Waals surface area contributed by atoms with Crippen LogP contribution in [0.4, 0.5) is 0 Å². The molecular weight excluding hydrogens is 567 g/mol. The minimum absolute atomic E-state index is 0.242. The Balaban J connectivity index is 1.55. The minimum Gasteiger partial charge on any atom is -0.490 e. The monoisotopic (exact) mass is 584 g/mol. The van der Waals surface area contributed by atoms with Crippen molar-refractivity contribution < 1.29 is 19.1 Å². The van der Waals surface area contributed by atoms with Gasteiger partial charge in [0.05, 0.1) is 32.9 Å². The van der Waals surface area contributed by atoms with Gasteiger partial charge in [0.15, 0.2) is 11.5 Å². The van der Waals surface area contributed by atoms with E-state index in [0.29, 0.717) is 38.5 Å². The van der Waals surface area contributed by atoms with E-state index in [1.807, 2.05) is 43.3 Å². The third kappa shape index (κ3) is 5.87.